The molecule has 0 bridgehead atoms. The van der Waals surface area contributed by atoms with Crippen LogP contribution in [0.4, 0.5) is 0 Å². The molecule has 0 unspecified atom stereocenters. The minimum atomic E-state index is -0.333. The maximum absolute atomic E-state index is 12.5. The summed E-state index contributed by atoms with van der Waals surface area (Å²) in [6.07, 6.45) is 4.97. The number of hydrogen-bond acceptors (Lipinski definition) is 8. The molecule has 29 heavy (non-hydrogen) atoms. The van der Waals surface area contributed by atoms with E-state index in [-0.39, 0.29) is 23.0 Å². The summed E-state index contributed by atoms with van der Waals surface area (Å²) in [6, 6.07) is 11.3. The molecule has 4 aromatic rings. The Labute approximate surface area is 169 Å². The summed E-state index contributed by atoms with van der Waals surface area (Å²) in [7, 11) is 0. The van der Waals surface area contributed by atoms with E-state index in [1.807, 2.05) is 22.8 Å². The first-order valence-electron chi connectivity index (χ1n) is 8.66. The van der Waals surface area contributed by atoms with Gasteiger partial charge in [0.1, 0.15) is 5.76 Å². The molecule has 0 fully saturated rings. The van der Waals surface area contributed by atoms with Crippen molar-refractivity contribution in [2.45, 2.75) is 11.7 Å². The molecule has 8 nitrogen and oxygen atoms in total. The summed E-state index contributed by atoms with van der Waals surface area (Å²) in [5.41, 5.74) is 1.10. The number of pyridine rings is 1. The Bertz CT molecular complexity index is 1130. The lowest BCUT2D eigenvalue weighted by atomic mass is 10.1. The quantitative estimate of drug-likeness (QED) is 0.272. The van der Waals surface area contributed by atoms with Crippen molar-refractivity contribution in [3.05, 3.63) is 72.4 Å². The van der Waals surface area contributed by atoms with Gasteiger partial charge < -0.3 is 14.6 Å². The molecule has 2 N–H and O–H groups in total. The van der Waals surface area contributed by atoms with Crippen LogP contribution in [0, 0.1) is 0 Å². The van der Waals surface area contributed by atoms with E-state index in [9.17, 15) is 15.0 Å². The molecular weight excluding hydrogens is 392 g/mol. The summed E-state index contributed by atoms with van der Waals surface area (Å²) >= 11 is 1.23. The third-order valence-electron chi connectivity index (χ3n) is 4.16. The van der Waals surface area contributed by atoms with Crippen LogP contribution >= 0.6 is 11.8 Å². The van der Waals surface area contributed by atoms with Gasteiger partial charge in [-0.15, -0.1) is 10.2 Å². The first kappa shape index (κ1) is 18.8. The van der Waals surface area contributed by atoms with Crippen molar-refractivity contribution < 1.29 is 19.4 Å². The molecule has 0 aliphatic rings. The number of carbonyl (C=O) groups excluding carboxylic acids is 1. The summed E-state index contributed by atoms with van der Waals surface area (Å²) in [5.74, 6) is 0.626. The largest absolute Gasteiger partial charge is 0.504 e. The number of ketones is 1. The normalized spacial score (nSPS) is 10.9. The number of phenols is 2. The number of furan rings is 1. The number of aromatic nitrogens is 4. The van der Waals surface area contributed by atoms with Gasteiger partial charge in [-0.3, -0.25) is 14.3 Å². The zero-order valence-electron chi connectivity index (χ0n) is 15.1. The van der Waals surface area contributed by atoms with E-state index in [1.165, 1.54) is 30.0 Å². The standard InChI is InChI=1S/C20H16N4O4S/c25-16-6-5-13(9-17(16)26)18(27)12-29-20-23-22-19(14-3-1-7-21-10-14)24(20)11-15-4-2-8-28-15/h1-10,25-26H,11-12H2. The molecule has 4 rings (SSSR count). The van der Waals surface area contributed by atoms with Crippen LogP contribution in [0.15, 0.2) is 70.7 Å². The monoisotopic (exact) mass is 408 g/mol. The van der Waals surface area contributed by atoms with E-state index in [2.05, 4.69) is 15.2 Å². The van der Waals surface area contributed by atoms with E-state index >= 15 is 0 Å². The van der Waals surface area contributed by atoms with Gasteiger partial charge in [0.05, 0.1) is 18.6 Å². The van der Waals surface area contributed by atoms with E-state index in [0.717, 1.165) is 11.3 Å². The molecule has 0 aliphatic carbocycles. The number of rotatable bonds is 7. The van der Waals surface area contributed by atoms with Gasteiger partial charge in [-0.1, -0.05) is 11.8 Å². The Morgan fingerprint density at radius 3 is 2.72 bits per heavy atom. The lowest BCUT2D eigenvalue weighted by molar-refractivity contribution is 0.102. The van der Waals surface area contributed by atoms with E-state index < -0.39 is 0 Å². The van der Waals surface area contributed by atoms with Crippen LogP contribution < -0.4 is 0 Å². The molecule has 0 saturated heterocycles. The maximum atomic E-state index is 12.5. The van der Waals surface area contributed by atoms with Crippen molar-refractivity contribution in [1.29, 1.82) is 0 Å². The third kappa shape index (κ3) is 4.14. The van der Waals surface area contributed by atoms with Crippen molar-refractivity contribution in [2.75, 3.05) is 5.75 Å². The second-order valence-corrected chi connectivity index (χ2v) is 7.07. The highest BCUT2D eigenvalue weighted by Gasteiger charge is 2.18. The lowest BCUT2D eigenvalue weighted by Crippen LogP contribution is -2.06. The maximum Gasteiger partial charge on any atom is 0.192 e. The topological polar surface area (TPSA) is 114 Å². The van der Waals surface area contributed by atoms with E-state index in [0.29, 0.717) is 23.1 Å². The fraction of sp³-hybridized carbons (Fsp3) is 0.100. The van der Waals surface area contributed by atoms with E-state index in [1.54, 1.807) is 24.7 Å². The van der Waals surface area contributed by atoms with Crippen LogP contribution in [0.3, 0.4) is 0 Å². The van der Waals surface area contributed by atoms with Crippen molar-refractivity contribution in [2.24, 2.45) is 0 Å². The van der Waals surface area contributed by atoms with Crippen LogP contribution in [0.25, 0.3) is 11.4 Å². The fourth-order valence-corrected chi connectivity index (χ4v) is 3.55. The molecule has 0 spiro atoms. The van der Waals surface area contributed by atoms with Crippen LogP contribution in [-0.4, -0.2) is 41.5 Å². The molecule has 0 saturated carbocycles. The smallest absolute Gasteiger partial charge is 0.192 e. The fourth-order valence-electron chi connectivity index (χ4n) is 2.72. The molecule has 1 aromatic carbocycles. The van der Waals surface area contributed by atoms with Gasteiger partial charge in [0.2, 0.25) is 0 Å². The Kier molecular flexibility index (Phi) is 5.30. The van der Waals surface area contributed by atoms with Gasteiger partial charge in [-0.25, -0.2) is 0 Å². The Morgan fingerprint density at radius 2 is 2.00 bits per heavy atom. The first-order valence-corrected chi connectivity index (χ1v) is 9.64. The second kappa shape index (κ2) is 8.19. The van der Waals surface area contributed by atoms with Gasteiger partial charge in [-0.2, -0.15) is 0 Å². The van der Waals surface area contributed by atoms with Crippen molar-refractivity contribution >= 4 is 17.5 Å². The third-order valence-corrected chi connectivity index (χ3v) is 5.13. The van der Waals surface area contributed by atoms with Crippen LogP contribution in [0.1, 0.15) is 16.1 Å². The zero-order valence-corrected chi connectivity index (χ0v) is 15.9. The van der Waals surface area contributed by atoms with E-state index in [4.69, 9.17) is 4.42 Å². The first-order chi connectivity index (χ1) is 14.1. The molecule has 0 amide bonds. The summed E-state index contributed by atoms with van der Waals surface area (Å²) in [5, 5.41) is 28.1. The summed E-state index contributed by atoms with van der Waals surface area (Å²) < 4.78 is 7.32. The SMILES string of the molecule is O=C(CSc1nnc(-c2cccnc2)n1Cc1ccco1)c1ccc(O)c(O)c1. The molecule has 146 valence electrons. The Morgan fingerprint density at radius 1 is 1.10 bits per heavy atom. The highest BCUT2D eigenvalue weighted by atomic mass is 32.2. The molecule has 0 aliphatic heterocycles. The molecule has 0 atom stereocenters. The number of benzene rings is 1. The highest BCUT2D eigenvalue weighted by molar-refractivity contribution is 7.99. The summed E-state index contributed by atoms with van der Waals surface area (Å²) in [4.78, 5) is 16.6. The van der Waals surface area contributed by atoms with Crippen LogP contribution in [0.5, 0.6) is 11.5 Å². The predicted molar refractivity (Wildman–Crippen MR) is 106 cm³/mol. The number of phenolic OH excluding ortho intramolecular Hbond substituents is 2. The number of thioether (sulfide) groups is 1. The number of aromatic hydroxyl groups is 2. The van der Waals surface area contributed by atoms with Crippen LogP contribution in [0.2, 0.25) is 0 Å². The Balaban J connectivity index is 1.58. The van der Waals surface area contributed by atoms with Gasteiger partial charge in [0.25, 0.3) is 0 Å². The molecule has 9 heteroatoms. The highest BCUT2D eigenvalue weighted by Crippen LogP contribution is 2.28. The predicted octanol–water partition coefficient (Wildman–Crippen LogP) is 3.37. The molecule has 3 aromatic heterocycles. The number of nitrogens with zero attached hydrogens (tertiary/aromatic N) is 4. The minimum absolute atomic E-state index is 0.0908. The lowest BCUT2D eigenvalue weighted by Gasteiger charge is -2.08. The zero-order chi connectivity index (χ0) is 20.2. The number of Topliss-reactive ketones (excluding diaryl/α,β-unsaturated/α-hetero) is 1. The van der Waals surface area contributed by atoms with Gasteiger partial charge in [-0.05, 0) is 42.5 Å². The van der Waals surface area contributed by atoms with Crippen molar-refractivity contribution in [3.8, 4) is 22.9 Å². The number of hydrogen-bond donors (Lipinski definition) is 2. The van der Waals surface area contributed by atoms with Crippen molar-refractivity contribution in [1.82, 2.24) is 19.7 Å². The average Bonchev–Trinajstić information content (AvgIpc) is 3.39. The summed E-state index contributed by atoms with van der Waals surface area (Å²) in [6.45, 7) is 0.404. The van der Waals surface area contributed by atoms with Gasteiger partial charge in [0, 0.05) is 23.5 Å². The number of carbonyl (C=O) groups is 1. The Hall–Kier alpha value is -3.59. The molecule has 0 radical (unpaired) electrons. The molecule has 3 heterocycles. The second-order valence-electron chi connectivity index (χ2n) is 6.13. The van der Waals surface area contributed by atoms with Gasteiger partial charge in [0.15, 0.2) is 28.3 Å². The molecular formula is C20H16N4O4S. The minimum Gasteiger partial charge on any atom is -0.504 e. The van der Waals surface area contributed by atoms with Gasteiger partial charge >= 0.3 is 0 Å². The average molecular weight is 408 g/mol. The van der Waals surface area contributed by atoms with Crippen LogP contribution in [-0.2, 0) is 6.54 Å². The van der Waals surface area contributed by atoms with Crippen molar-refractivity contribution in [3.63, 3.8) is 0 Å².